The Kier molecular flexibility index (Phi) is 21.2. The Morgan fingerprint density at radius 2 is 1.05 bits per heavy atom. The van der Waals surface area contributed by atoms with E-state index < -0.39 is 0 Å². The standard InChI is InChI=1S/C34H62NO3/c1-5-9-10-11-12-13-14-15-16-17-18-19-20-21-22-23-29-37-33-26-24-32(25-27-33)31-34(36)38-30-28-35(6-2,7-3)8-4/h24-27H,5-23,28-31H2,1-4H3/q+1. The average molecular weight is 533 g/mol. The molecule has 0 N–H and O–H groups in total. The van der Waals surface area contributed by atoms with Gasteiger partial charge in [0.2, 0.25) is 0 Å². The second-order valence-electron chi connectivity index (χ2n) is 11.2. The van der Waals surface area contributed by atoms with Gasteiger partial charge in [-0.05, 0) is 44.9 Å². The van der Waals surface area contributed by atoms with Crippen LogP contribution in [0.2, 0.25) is 0 Å². The summed E-state index contributed by atoms with van der Waals surface area (Å²) in [4.78, 5) is 12.2. The Hall–Kier alpha value is -1.55. The maximum Gasteiger partial charge on any atom is 0.310 e. The molecule has 0 fully saturated rings. The van der Waals surface area contributed by atoms with Gasteiger partial charge in [-0.15, -0.1) is 0 Å². The fourth-order valence-electron chi connectivity index (χ4n) is 5.26. The number of nitrogens with zero attached hydrogens (tertiary/aromatic N) is 1. The number of carbonyl (C=O) groups excluding carboxylic acids is 1. The molecule has 38 heavy (non-hydrogen) atoms. The molecule has 0 heterocycles. The number of rotatable bonds is 26. The van der Waals surface area contributed by atoms with Crippen molar-refractivity contribution in [2.75, 3.05) is 39.4 Å². The van der Waals surface area contributed by atoms with Gasteiger partial charge in [0, 0.05) is 0 Å². The lowest BCUT2D eigenvalue weighted by atomic mass is 10.0. The SMILES string of the molecule is CCCCCCCCCCCCCCCCCCOc1ccc(CC(=O)OCC[N+](CC)(CC)CC)cc1. The lowest BCUT2D eigenvalue weighted by Gasteiger charge is -2.35. The molecule has 220 valence electrons. The number of likely N-dealkylation sites (N-methyl/N-ethyl adjacent to an activating group) is 1. The summed E-state index contributed by atoms with van der Waals surface area (Å²) < 4.78 is 12.4. The number of benzene rings is 1. The van der Waals surface area contributed by atoms with Gasteiger partial charge >= 0.3 is 5.97 Å². The molecule has 0 aliphatic heterocycles. The second-order valence-corrected chi connectivity index (χ2v) is 11.2. The largest absolute Gasteiger partial charge is 0.494 e. The van der Waals surface area contributed by atoms with Crippen LogP contribution in [0, 0.1) is 0 Å². The summed E-state index contributed by atoms with van der Waals surface area (Å²) in [5.41, 5.74) is 0.979. The van der Waals surface area contributed by atoms with Crippen LogP contribution in [-0.2, 0) is 16.0 Å². The molecule has 0 unspecified atom stereocenters. The highest BCUT2D eigenvalue weighted by atomic mass is 16.5. The monoisotopic (exact) mass is 532 g/mol. The number of carbonyl (C=O) groups is 1. The van der Waals surface area contributed by atoms with Gasteiger partial charge in [-0.2, -0.15) is 0 Å². The molecule has 0 aliphatic carbocycles. The highest BCUT2D eigenvalue weighted by Crippen LogP contribution is 2.16. The summed E-state index contributed by atoms with van der Waals surface area (Å²) in [6.45, 7) is 14.3. The van der Waals surface area contributed by atoms with Crippen LogP contribution in [0.3, 0.4) is 0 Å². The zero-order valence-electron chi connectivity index (χ0n) is 25.7. The maximum atomic E-state index is 12.2. The third-order valence-electron chi connectivity index (χ3n) is 8.38. The predicted octanol–water partition coefficient (Wildman–Crippen LogP) is 9.29. The highest BCUT2D eigenvalue weighted by Gasteiger charge is 2.21. The molecule has 0 saturated carbocycles. The zero-order valence-corrected chi connectivity index (χ0v) is 25.7. The molecule has 0 amide bonds. The van der Waals surface area contributed by atoms with Crippen molar-refractivity contribution < 1.29 is 18.8 Å². The van der Waals surface area contributed by atoms with E-state index in [9.17, 15) is 4.79 Å². The number of quaternary nitrogens is 1. The van der Waals surface area contributed by atoms with Crippen molar-refractivity contribution in [3.05, 3.63) is 29.8 Å². The lowest BCUT2D eigenvalue weighted by Crippen LogP contribution is -2.49. The Morgan fingerprint density at radius 3 is 1.50 bits per heavy atom. The van der Waals surface area contributed by atoms with Crippen LogP contribution in [0.1, 0.15) is 136 Å². The smallest absolute Gasteiger partial charge is 0.310 e. The number of hydrogen-bond donors (Lipinski definition) is 0. The molecule has 0 saturated heterocycles. The minimum atomic E-state index is -0.145. The third-order valence-corrected chi connectivity index (χ3v) is 8.38. The van der Waals surface area contributed by atoms with Gasteiger partial charge in [0.15, 0.2) is 0 Å². The minimum absolute atomic E-state index is 0.145. The van der Waals surface area contributed by atoms with Gasteiger partial charge in [-0.25, -0.2) is 0 Å². The lowest BCUT2D eigenvalue weighted by molar-refractivity contribution is -0.923. The molecule has 0 atom stereocenters. The van der Waals surface area contributed by atoms with Crippen molar-refractivity contribution in [2.45, 2.75) is 137 Å². The number of hydrogen-bond acceptors (Lipinski definition) is 3. The van der Waals surface area contributed by atoms with E-state index in [0.717, 1.165) is 55.0 Å². The van der Waals surface area contributed by atoms with E-state index in [4.69, 9.17) is 9.47 Å². The fraction of sp³-hybridized carbons (Fsp3) is 0.794. The number of ether oxygens (including phenoxy) is 2. The predicted molar refractivity (Wildman–Crippen MR) is 163 cm³/mol. The summed E-state index contributed by atoms with van der Waals surface area (Å²) in [5, 5.41) is 0. The van der Waals surface area contributed by atoms with Gasteiger partial charge < -0.3 is 14.0 Å². The van der Waals surface area contributed by atoms with Gasteiger partial charge in [-0.3, -0.25) is 4.79 Å². The first-order chi connectivity index (χ1) is 18.6. The molecular formula is C34H62NO3+. The molecule has 0 spiro atoms. The van der Waals surface area contributed by atoms with E-state index in [1.165, 1.54) is 96.3 Å². The minimum Gasteiger partial charge on any atom is -0.494 e. The fourth-order valence-corrected chi connectivity index (χ4v) is 5.26. The highest BCUT2D eigenvalue weighted by molar-refractivity contribution is 5.72. The third kappa shape index (κ3) is 17.1. The molecule has 0 aromatic heterocycles. The Morgan fingerprint density at radius 1 is 0.605 bits per heavy atom. The van der Waals surface area contributed by atoms with Crippen LogP contribution in [-0.4, -0.2) is 49.8 Å². The molecule has 1 rings (SSSR count). The van der Waals surface area contributed by atoms with Crippen molar-refractivity contribution in [3.63, 3.8) is 0 Å². The second kappa shape index (κ2) is 23.3. The van der Waals surface area contributed by atoms with Gasteiger partial charge in [0.1, 0.15) is 18.9 Å². The number of unbranched alkanes of at least 4 members (excludes halogenated alkanes) is 15. The first-order valence-corrected chi connectivity index (χ1v) is 16.3. The summed E-state index contributed by atoms with van der Waals surface area (Å²) in [6, 6.07) is 7.91. The molecule has 4 nitrogen and oxygen atoms in total. The first kappa shape index (κ1) is 34.5. The quantitative estimate of drug-likeness (QED) is 0.0677. The van der Waals surface area contributed by atoms with Gasteiger partial charge in [0.25, 0.3) is 0 Å². The van der Waals surface area contributed by atoms with Crippen LogP contribution < -0.4 is 4.74 Å². The van der Waals surface area contributed by atoms with E-state index >= 15 is 0 Å². The molecule has 0 bridgehead atoms. The molecule has 4 heteroatoms. The molecule has 1 aromatic rings. The van der Waals surface area contributed by atoms with Gasteiger partial charge in [-0.1, -0.05) is 115 Å². The van der Waals surface area contributed by atoms with E-state index in [2.05, 4.69) is 27.7 Å². The molecular weight excluding hydrogens is 470 g/mol. The van der Waals surface area contributed by atoms with Crippen LogP contribution in [0.5, 0.6) is 5.75 Å². The normalized spacial score (nSPS) is 11.6. The summed E-state index contributed by atoms with van der Waals surface area (Å²) in [6.07, 6.45) is 22.4. The van der Waals surface area contributed by atoms with Crippen LogP contribution in [0.4, 0.5) is 0 Å². The van der Waals surface area contributed by atoms with E-state index in [-0.39, 0.29) is 5.97 Å². The average Bonchev–Trinajstić information content (AvgIpc) is 2.94. The molecule has 0 aliphatic rings. The van der Waals surface area contributed by atoms with E-state index in [0.29, 0.717) is 13.0 Å². The van der Waals surface area contributed by atoms with Crippen molar-refractivity contribution in [2.24, 2.45) is 0 Å². The number of esters is 1. The Labute approximate surface area is 236 Å². The Bertz CT molecular complexity index is 661. The van der Waals surface area contributed by atoms with Crippen molar-refractivity contribution in [1.29, 1.82) is 0 Å². The first-order valence-electron chi connectivity index (χ1n) is 16.3. The molecule has 0 radical (unpaired) electrons. The van der Waals surface area contributed by atoms with E-state index in [1.807, 2.05) is 24.3 Å². The molecule has 1 aromatic carbocycles. The van der Waals surface area contributed by atoms with Crippen LogP contribution in [0.25, 0.3) is 0 Å². The maximum absolute atomic E-state index is 12.2. The summed E-state index contributed by atoms with van der Waals surface area (Å²) in [5.74, 6) is 0.743. The van der Waals surface area contributed by atoms with E-state index in [1.54, 1.807) is 0 Å². The summed E-state index contributed by atoms with van der Waals surface area (Å²) in [7, 11) is 0. The Balaban J connectivity index is 1.98. The van der Waals surface area contributed by atoms with Crippen molar-refractivity contribution in [3.8, 4) is 5.75 Å². The van der Waals surface area contributed by atoms with Gasteiger partial charge in [0.05, 0.1) is 32.7 Å². The zero-order chi connectivity index (χ0) is 27.7. The summed E-state index contributed by atoms with van der Waals surface area (Å²) >= 11 is 0. The van der Waals surface area contributed by atoms with Crippen LogP contribution in [0.15, 0.2) is 24.3 Å². The topological polar surface area (TPSA) is 35.5 Å². The van der Waals surface area contributed by atoms with Crippen LogP contribution >= 0.6 is 0 Å². The van der Waals surface area contributed by atoms with Crippen molar-refractivity contribution in [1.82, 2.24) is 0 Å². The van der Waals surface area contributed by atoms with Crippen molar-refractivity contribution >= 4 is 5.97 Å².